The van der Waals surface area contributed by atoms with Crippen LogP contribution in [0.25, 0.3) is 11.0 Å². The smallest absolute Gasteiger partial charge is 0.170 e. The van der Waals surface area contributed by atoms with Gasteiger partial charge in [-0.1, -0.05) is 35.0 Å². The number of aliphatic hydroxyl groups excluding tert-OH is 1. The fraction of sp³-hybridized carbons (Fsp3) is 0.188. The molecule has 4 nitrogen and oxygen atoms in total. The van der Waals surface area contributed by atoms with Gasteiger partial charge in [-0.15, -0.1) is 0 Å². The molecule has 0 aliphatic heterocycles. The first kappa shape index (κ1) is 13.9. The zero-order chi connectivity index (χ0) is 14.7. The van der Waals surface area contributed by atoms with Crippen LogP contribution in [0.5, 0.6) is 5.75 Å². The summed E-state index contributed by atoms with van der Waals surface area (Å²) in [7, 11) is 0. The van der Waals surface area contributed by atoms with Gasteiger partial charge in [0.25, 0.3) is 0 Å². The highest BCUT2D eigenvalue weighted by Gasteiger charge is 2.09. The molecular weight excluding hydrogens is 290 g/mol. The van der Waals surface area contributed by atoms with Crippen LogP contribution in [0.2, 0.25) is 5.02 Å². The average Bonchev–Trinajstić information content (AvgIpc) is 2.89. The molecule has 0 amide bonds. The van der Waals surface area contributed by atoms with E-state index in [9.17, 15) is 0 Å². The van der Waals surface area contributed by atoms with Crippen LogP contribution in [0.15, 0.2) is 47.0 Å². The van der Waals surface area contributed by atoms with Crippen molar-refractivity contribution in [2.24, 2.45) is 0 Å². The predicted molar refractivity (Wildman–Crippen MR) is 80.6 cm³/mol. The molecule has 0 aliphatic rings. The summed E-state index contributed by atoms with van der Waals surface area (Å²) in [6, 6.07) is 13.1. The van der Waals surface area contributed by atoms with E-state index in [1.54, 1.807) is 6.07 Å². The van der Waals surface area contributed by atoms with E-state index in [0.29, 0.717) is 29.4 Å². The monoisotopic (exact) mass is 303 g/mol. The Labute approximate surface area is 126 Å². The van der Waals surface area contributed by atoms with Crippen molar-refractivity contribution in [3.8, 4) is 5.75 Å². The minimum Gasteiger partial charge on any atom is -0.489 e. The standard InChI is InChI=1S/C16H14ClNO3/c17-14-4-2-1-3-11(14)10-20-12-5-6-13-15(7-8-19)18-21-16(13)9-12/h1-6,9,19H,7-8,10H2. The minimum atomic E-state index is 0.0480. The molecule has 0 fully saturated rings. The normalized spacial score (nSPS) is 11.0. The molecule has 0 radical (unpaired) electrons. The molecule has 1 N–H and O–H groups in total. The van der Waals surface area contributed by atoms with Crippen molar-refractivity contribution in [3.63, 3.8) is 0 Å². The van der Waals surface area contributed by atoms with Crippen LogP contribution in [-0.2, 0) is 13.0 Å². The van der Waals surface area contributed by atoms with Crippen molar-refractivity contribution in [1.82, 2.24) is 5.16 Å². The number of hydrogen-bond acceptors (Lipinski definition) is 4. The molecule has 0 unspecified atom stereocenters. The van der Waals surface area contributed by atoms with Gasteiger partial charge in [-0.3, -0.25) is 0 Å². The quantitative estimate of drug-likeness (QED) is 0.782. The SMILES string of the molecule is OCCc1noc2cc(OCc3ccccc3Cl)ccc12. The van der Waals surface area contributed by atoms with E-state index in [0.717, 1.165) is 16.6 Å². The van der Waals surface area contributed by atoms with Crippen LogP contribution in [0.4, 0.5) is 0 Å². The second-order valence-corrected chi connectivity index (χ2v) is 5.05. The summed E-state index contributed by atoms with van der Waals surface area (Å²) in [5.74, 6) is 0.689. The average molecular weight is 304 g/mol. The van der Waals surface area contributed by atoms with Gasteiger partial charge in [-0.2, -0.15) is 0 Å². The lowest BCUT2D eigenvalue weighted by Crippen LogP contribution is -1.96. The van der Waals surface area contributed by atoms with Gasteiger partial charge in [-0.05, 0) is 18.2 Å². The number of hydrogen-bond donors (Lipinski definition) is 1. The topological polar surface area (TPSA) is 55.5 Å². The summed E-state index contributed by atoms with van der Waals surface area (Å²) in [4.78, 5) is 0. The van der Waals surface area contributed by atoms with Gasteiger partial charge < -0.3 is 14.4 Å². The highest BCUT2D eigenvalue weighted by atomic mass is 35.5. The van der Waals surface area contributed by atoms with Crippen molar-refractivity contribution in [1.29, 1.82) is 0 Å². The van der Waals surface area contributed by atoms with Crippen molar-refractivity contribution in [3.05, 3.63) is 58.7 Å². The lowest BCUT2D eigenvalue weighted by atomic mass is 10.2. The molecule has 1 heterocycles. The fourth-order valence-corrected chi connectivity index (χ4v) is 2.31. The van der Waals surface area contributed by atoms with E-state index in [1.807, 2.05) is 36.4 Å². The first-order valence-corrected chi connectivity index (χ1v) is 7.01. The number of ether oxygens (including phenoxy) is 1. The van der Waals surface area contributed by atoms with Crippen LogP contribution in [0.1, 0.15) is 11.3 Å². The van der Waals surface area contributed by atoms with E-state index < -0.39 is 0 Å². The van der Waals surface area contributed by atoms with E-state index in [4.69, 9.17) is 26.0 Å². The van der Waals surface area contributed by atoms with Gasteiger partial charge in [0.05, 0.1) is 5.69 Å². The zero-order valence-electron chi connectivity index (χ0n) is 11.3. The molecule has 0 aliphatic carbocycles. The van der Waals surface area contributed by atoms with Crippen LogP contribution in [0.3, 0.4) is 0 Å². The molecule has 0 saturated carbocycles. The molecule has 0 atom stereocenters. The molecule has 5 heteroatoms. The second-order valence-electron chi connectivity index (χ2n) is 4.64. The first-order valence-electron chi connectivity index (χ1n) is 6.63. The summed E-state index contributed by atoms with van der Waals surface area (Å²) >= 11 is 6.09. The van der Waals surface area contributed by atoms with Crippen molar-refractivity contribution >= 4 is 22.6 Å². The Morgan fingerprint density at radius 3 is 2.86 bits per heavy atom. The third-order valence-corrected chi connectivity index (χ3v) is 3.59. The van der Waals surface area contributed by atoms with E-state index in [2.05, 4.69) is 5.16 Å². The largest absolute Gasteiger partial charge is 0.489 e. The number of aromatic nitrogens is 1. The number of fused-ring (bicyclic) bond motifs is 1. The van der Waals surface area contributed by atoms with Crippen LogP contribution >= 0.6 is 11.6 Å². The molecule has 0 bridgehead atoms. The van der Waals surface area contributed by atoms with Gasteiger partial charge >= 0.3 is 0 Å². The van der Waals surface area contributed by atoms with Gasteiger partial charge in [0, 0.05) is 35.1 Å². The van der Waals surface area contributed by atoms with Crippen LogP contribution in [0, 0.1) is 0 Å². The van der Waals surface area contributed by atoms with Crippen molar-refractivity contribution in [2.45, 2.75) is 13.0 Å². The highest BCUT2D eigenvalue weighted by Crippen LogP contribution is 2.25. The number of halogens is 1. The molecule has 0 spiro atoms. The van der Waals surface area contributed by atoms with Crippen LogP contribution in [-0.4, -0.2) is 16.9 Å². The molecular formula is C16H14ClNO3. The molecule has 21 heavy (non-hydrogen) atoms. The summed E-state index contributed by atoms with van der Waals surface area (Å²) in [5.41, 5.74) is 2.33. The zero-order valence-corrected chi connectivity index (χ0v) is 12.0. The Hall–Kier alpha value is -2.04. The van der Waals surface area contributed by atoms with Crippen molar-refractivity contribution < 1.29 is 14.4 Å². The Morgan fingerprint density at radius 1 is 1.19 bits per heavy atom. The molecule has 3 aromatic rings. The third-order valence-electron chi connectivity index (χ3n) is 3.22. The molecule has 0 saturated heterocycles. The number of nitrogens with zero attached hydrogens (tertiary/aromatic N) is 1. The molecule has 1 aromatic heterocycles. The summed E-state index contributed by atoms with van der Waals surface area (Å²) in [5, 5.41) is 14.5. The van der Waals surface area contributed by atoms with E-state index in [-0.39, 0.29) is 6.61 Å². The number of aliphatic hydroxyl groups is 1. The van der Waals surface area contributed by atoms with E-state index in [1.165, 1.54) is 0 Å². The minimum absolute atomic E-state index is 0.0480. The Balaban J connectivity index is 1.77. The maximum Gasteiger partial charge on any atom is 0.170 e. The number of rotatable bonds is 5. The summed E-state index contributed by atoms with van der Waals surface area (Å²) in [6.45, 7) is 0.440. The number of benzene rings is 2. The molecule has 108 valence electrons. The van der Waals surface area contributed by atoms with Gasteiger partial charge in [0.15, 0.2) is 5.58 Å². The first-order chi connectivity index (χ1) is 10.3. The van der Waals surface area contributed by atoms with Crippen molar-refractivity contribution in [2.75, 3.05) is 6.61 Å². The lowest BCUT2D eigenvalue weighted by Gasteiger charge is -2.07. The molecule has 3 rings (SSSR count). The van der Waals surface area contributed by atoms with Gasteiger partial charge in [0.1, 0.15) is 12.4 Å². The van der Waals surface area contributed by atoms with Gasteiger partial charge in [-0.25, -0.2) is 0 Å². The summed E-state index contributed by atoms with van der Waals surface area (Å²) in [6.07, 6.45) is 0.479. The third kappa shape index (κ3) is 3.01. The Kier molecular flexibility index (Phi) is 4.08. The predicted octanol–water partition coefficient (Wildman–Crippen LogP) is 3.60. The lowest BCUT2D eigenvalue weighted by molar-refractivity contribution is 0.295. The highest BCUT2D eigenvalue weighted by molar-refractivity contribution is 6.31. The fourth-order valence-electron chi connectivity index (χ4n) is 2.12. The maximum absolute atomic E-state index is 8.97. The Bertz CT molecular complexity index is 754. The second kappa shape index (κ2) is 6.16. The van der Waals surface area contributed by atoms with Gasteiger partial charge in [0.2, 0.25) is 0 Å². The summed E-state index contributed by atoms with van der Waals surface area (Å²) < 4.78 is 11.0. The Morgan fingerprint density at radius 2 is 2.05 bits per heavy atom. The maximum atomic E-state index is 8.97. The molecule has 2 aromatic carbocycles. The van der Waals surface area contributed by atoms with E-state index >= 15 is 0 Å². The van der Waals surface area contributed by atoms with Crippen LogP contribution < -0.4 is 4.74 Å².